The Morgan fingerprint density at radius 3 is 2.81 bits per heavy atom. The monoisotopic (exact) mass is 229 g/mol. The predicted molar refractivity (Wildman–Crippen MR) is 58.7 cm³/mol. The summed E-state index contributed by atoms with van der Waals surface area (Å²) in [6, 6.07) is -0.503. The van der Waals surface area contributed by atoms with Gasteiger partial charge < -0.3 is 20.7 Å². The number of nitrogens with two attached hydrogens (primary N) is 1. The fraction of sp³-hybridized carbons (Fsp3) is 0.800. The number of hydrogen-bond donors (Lipinski definition) is 2. The maximum absolute atomic E-state index is 11.8. The van der Waals surface area contributed by atoms with Crippen LogP contribution in [0.2, 0.25) is 0 Å². The van der Waals surface area contributed by atoms with Gasteiger partial charge in [0, 0.05) is 12.6 Å². The molecule has 1 atom stereocenters. The van der Waals surface area contributed by atoms with Crippen LogP contribution < -0.4 is 11.1 Å². The number of morpholine rings is 1. The maximum Gasteiger partial charge on any atom is 0.245 e. The van der Waals surface area contributed by atoms with Crippen molar-refractivity contribution in [1.29, 1.82) is 0 Å². The topological polar surface area (TPSA) is 84.7 Å². The third-order valence-electron chi connectivity index (χ3n) is 2.36. The number of carbonyl (C=O) groups is 2. The van der Waals surface area contributed by atoms with Crippen LogP contribution in [0.15, 0.2) is 0 Å². The molecule has 1 aliphatic heterocycles. The number of rotatable bonds is 3. The van der Waals surface area contributed by atoms with Crippen LogP contribution in [0.4, 0.5) is 0 Å². The van der Waals surface area contributed by atoms with Gasteiger partial charge in [0.2, 0.25) is 11.8 Å². The van der Waals surface area contributed by atoms with E-state index in [9.17, 15) is 9.59 Å². The van der Waals surface area contributed by atoms with Gasteiger partial charge in [0.05, 0.1) is 19.8 Å². The lowest BCUT2D eigenvalue weighted by Crippen LogP contribution is -2.57. The van der Waals surface area contributed by atoms with Gasteiger partial charge in [-0.25, -0.2) is 0 Å². The molecule has 0 aliphatic carbocycles. The fourth-order valence-corrected chi connectivity index (χ4v) is 1.62. The Hall–Kier alpha value is -1.14. The average Bonchev–Trinajstić information content (AvgIpc) is 2.27. The summed E-state index contributed by atoms with van der Waals surface area (Å²) in [6.07, 6.45) is 0. The minimum absolute atomic E-state index is 0.0456. The second kappa shape index (κ2) is 5.81. The number of ether oxygens (including phenoxy) is 1. The Balaban J connectivity index is 2.66. The van der Waals surface area contributed by atoms with E-state index in [-0.39, 0.29) is 31.0 Å². The lowest BCUT2D eigenvalue weighted by molar-refractivity contribution is -0.147. The van der Waals surface area contributed by atoms with Gasteiger partial charge >= 0.3 is 0 Å². The summed E-state index contributed by atoms with van der Waals surface area (Å²) in [5.74, 6) is -0.399. The zero-order valence-electron chi connectivity index (χ0n) is 9.73. The first kappa shape index (κ1) is 12.9. The summed E-state index contributed by atoms with van der Waals surface area (Å²) < 4.78 is 5.21. The lowest BCUT2D eigenvalue weighted by Gasteiger charge is -2.34. The molecule has 1 aliphatic rings. The van der Waals surface area contributed by atoms with Gasteiger partial charge in [-0.2, -0.15) is 0 Å². The predicted octanol–water partition coefficient (Wildman–Crippen LogP) is -1.30. The standard InChI is InChI=1S/C10H19N3O3/c1-7(2)12-10(15)8-6-16-4-3-13(8)9(14)5-11/h7-8H,3-6,11H2,1-2H3,(H,12,15). The molecule has 0 aromatic rings. The molecule has 1 heterocycles. The van der Waals surface area contributed by atoms with Crippen molar-refractivity contribution in [2.75, 3.05) is 26.3 Å². The van der Waals surface area contributed by atoms with E-state index in [1.165, 1.54) is 4.90 Å². The Morgan fingerprint density at radius 1 is 1.56 bits per heavy atom. The summed E-state index contributed by atoms with van der Waals surface area (Å²) in [6.45, 7) is 4.78. The molecule has 16 heavy (non-hydrogen) atoms. The quantitative estimate of drug-likeness (QED) is 0.630. The van der Waals surface area contributed by atoms with Crippen molar-refractivity contribution in [3.05, 3.63) is 0 Å². The van der Waals surface area contributed by atoms with Gasteiger partial charge in [0.25, 0.3) is 0 Å². The maximum atomic E-state index is 11.8. The van der Waals surface area contributed by atoms with Crippen molar-refractivity contribution in [1.82, 2.24) is 10.2 Å². The first-order valence-corrected chi connectivity index (χ1v) is 5.44. The van der Waals surface area contributed by atoms with Crippen molar-refractivity contribution < 1.29 is 14.3 Å². The number of hydrogen-bond acceptors (Lipinski definition) is 4. The molecule has 1 saturated heterocycles. The highest BCUT2D eigenvalue weighted by atomic mass is 16.5. The van der Waals surface area contributed by atoms with Gasteiger partial charge in [-0.1, -0.05) is 0 Å². The fourth-order valence-electron chi connectivity index (χ4n) is 1.62. The molecule has 0 aromatic carbocycles. The van der Waals surface area contributed by atoms with E-state index in [1.807, 2.05) is 13.8 Å². The summed E-state index contributed by atoms with van der Waals surface area (Å²) in [5, 5.41) is 2.77. The van der Waals surface area contributed by atoms with Crippen molar-refractivity contribution in [3.63, 3.8) is 0 Å². The van der Waals surface area contributed by atoms with Crippen LogP contribution in [-0.4, -0.2) is 55.1 Å². The van der Waals surface area contributed by atoms with Crippen molar-refractivity contribution in [2.45, 2.75) is 25.9 Å². The summed E-state index contributed by atoms with van der Waals surface area (Å²) in [4.78, 5) is 24.8. The minimum Gasteiger partial charge on any atom is -0.377 e. The molecule has 1 unspecified atom stereocenters. The van der Waals surface area contributed by atoms with Crippen LogP contribution in [0.1, 0.15) is 13.8 Å². The largest absolute Gasteiger partial charge is 0.377 e. The van der Waals surface area contributed by atoms with Gasteiger partial charge in [-0.05, 0) is 13.8 Å². The van der Waals surface area contributed by atoms with E-state index in [4.69, 9.17) is 10.5 Å². The van der Waals surface area contributed by atoms with Gasteiger partial charge in [-0.15, -0.1) is 0 Å². The third kappa shape index (κ3) is 3.18. The van der Waals surface area contributed by atoms with Crippen LogP contribution in [0, 0.1) is 0 Å². The highest BCUT2D eigenvalue weighted by Gasteiger charge is 2.32. The summed E-state index contributed by atoms with van der Waals surface area (Å²) >= 11 is 0. The summed E-state index contributed by atoms with van der Waals surface area (Å²) in [5.41, 5.74) is 5.30. The van der Waals surface area contributed by atoms with E-state index in [0.29, 0.717) is 13.2 Å². The molecule has 0 bridgehead atoms. The van der Waals surface area contributed by atoms with E-state index in [0.717, 1.165) is 0 Å². The molecule has 2 amide bonds. The van der Waals surface area contributed by atoms with E-state index in [1.54, 1.807) is 0 Å². The van der Waals surface area contributed by atoms with Crippen LogP contribution in [0.5, 0.6) is 0 Å². The first-order valence-electron chi connectivity index (χ1n) is 5.44. The number of nitrogens with one attached hydrogen (secondary N) is 1. The van der Waals surface area contributed by atoms with Crippen molar-refractivity contribution in [3.8, 4) is 0 Å². The summed E-state index contributed by atoms with van der Waals surface area (Å²) in [7, 11) is 0. The second-order valence-corrected chi connectivity index (χ2v) is 4.05. The highest BCUT2D eigenvalue weighted by molar-refractivity contribution is 5.88. The Labute approximate surface area is 95.1 Å². The molecule has 1 rings (SSSR count). The smallest absolute Gasteiger partial charge is 0.245 e. The van der Waals surface area contributed by atoms with E-state index < -0.39 is 6.04 Å². The molecule has 6 heteroatoms. The third-order valence-corrected chi connectivity index (χ3v) is 2.36. The number of carbonyl (C=O) groups excluding carboxylic acids is 2. The molecule has 92 valence electrons. The molecular formula is C10H19N3O3. The molecule has 6 nitrogen and oxygen atoms in total. The van der Waals surface area contributed by atoms with E-state index >= 15 is 0 Å². The number of amides is 2. The lowest BCUT2D eigenvalue weighted by atomic mass is 10.2. The normalized spacial score (nSPS) is 21.0. The van der Waals surface area contributed by atoms with Crippen LogP contribution in [0.3, 0.4) is 0 Å². The minimum atomic E-state index is -0.549. The first-order chi connectivity index (χ1) is 7.56. The van der Waals surface area contributed by atoms with Crippen LogP contribution >= 0.6 is 0 Å². The molecule has 0 spiro atoms. The molecule has 0 aromatic heterocycles. The molecule has 1 fully saturated rings. The van der Waals surface area contributed by atoms with Gasteiger partial charge in [0.1, 0.15) is 6.04 Å². The molecular weight excluding hydrogens is 210 g/mol. The molecule has 0 saturated carbocycles. The SMILES string of the molecule is CC(C)NC(=O)C1COCCN1C(=O)CN. The van der Waals surface area contributed by atoms with Gasteiger partial charge in [-0.3, -0.25) is 9.59 Å². The molecule has 3 N–H and O–H groups in total. The number of nitrogens with zero attached hydrogens (tertiary/aromatic N) is 1. The van der Waals surface area contributed by atoms with Gasteiger partial charge in [0.15, 0.2) is 0 Å². The van der Waals surface area contributed by atoms with Crippen LogP contribution in [0.25, 0.3) is 0 Å². The molecule has 0 radical (unpaired) electrons. The average molecular weight is 229 g/mol. The Kier molecular flexibility index (Phi) is 4.70. The zero-order chi connectivity index (χ0) is 12.1. The Bertz CT molecular complexity index is 268. The van der Waals surface area contributed by atoms with Crippen molar-refractivity contribution >= 4 is 11.8 Å². The zero-order valence-corrected chi connectivity index (χ0v) is 9.73. The van der Waals surface area contributed by atoms with Crippen LogP contribution in [-0.2, 0) is 14.3 Å². The Morgan fingerprint density at radius 2 is 2.25 bits per heavy atom. The van der Waals surface area contributed by atoms with Crippen molar-refractivity contribution in [2.24, 2.45) is 5.73 Å². The second-order valence-electron chi connectivity index (χ2n) is 4.05. The van der Waals surface area contributed by atoms with E-state index in [2.05, 4.69) is 5.32 Å². The highest BCUT2D eigenvalue weighted by Crippen LogP contribution is 2.07.